The molecule has 0 atom stereocenters. The van der Waals surface area contributed by atoms with Crippen LogP contribution in [-0.2, 0) is 6.42 Å². The molecule has 0 fully saturated rings. The van der Waals surface area contributed by atoms with Crippen molar-refractivity contribution in [1.29, 1.82) is 0 Å². The quantitative estimate of drug-likeness (QED) is 0.722. The normalized spacial score (nSPS) is 10.1. The van der Waals surface area contributed by atoms with Gasteiger partial charge in [0.15, 0.2) is 0 Å². The van der Waals surface area contributed by atoms with Crippen molar-refractivity contribution in [3.8, 4) is 0 Å². The first-order valence-electron chi connectivity index (χ1n) is 6.45. The number of hydrogen-bond donors (Lipinski definition) is 3. The van der Waals surface area contributed by atoms with Gasteiger partial charge >= 0.3 is 0 Å². The molecule has 4 N–H and O–H groups in total. The highest BCUT2D eigenvalue weighted by Crippen LogP contribution is 2.19. The van der Waals surface area contributed by atoms with E-state index in [4.69, 9.17) is 5.73 Å². The van der Waals surface area contributed by atoms with E-state index < -0.39 is 0 Å². The largest absolute Gasteiger partial charge is 0.397 e. The fraction of sp³-hybridized carbons (Fsp3) is 0.200. The summed E-state index contributed by atoms with van der Waals surface area (Å²) in [7, 11) is 1.60. The Balaban J connectivity index is 1.95. The van der Waals surface area contributed by atoms with Gasteiger partial charge in [-0.05, 0) is 42.3 Å². The van der Waals surface area contributed by atoms with E-state index >= 15 is 0 Å². The van der Waals surface area contributed by atoms with E-state index in [1.54, 1.807) is 31.6 Å². The van der Waals surface area contributed by atoms with Crippen molar-refractivity contribution < 1.29 is 4.79 Å². The summed E-state index contributed by atoms with van der Waals surface area (Å²) in [6, 6.07) is 9.23. The van der Waals surface area contributed by atoms with Crippen LogP contribution in [0.2, 0.25) is 0 Å². The van der Waals surface area contributed by atoms with Crippen LogP contribution in [0.5, 0.6) is 0 Å². The standard InChI is InChI=1S/C15H18N4O/c1-17-15(20)12-2-3-14(13(16)10-12)19-9-6-11-4-7-18-8-5-11/h2-5,7-8,10,19H,6,9,16H2,1H3,(H,17,20). The second-order valence-electron chi connectivity index (χ2n) is 4.41. The molecule has 20 heavy (non-hydrogen) atoms. The summed E-state index contributed by atoms with van der Waals surface area (Å²) in [4.78, 5) is 15.5. The van der Waals surface area contributed by atoms with Gasteiger partial charge in [-0.2, -0.15) is 0 Å². The predicted molar refractivity (Wildman–Crippen MR) is 80.7 cm³/mol. The van der Waals surface area contributed by atoms with Crippen molar-refractivity contribution in [2.45, 2.75) is 6.42 Å². The van der Waals surface area contributed by atoms with Gasteiger partial charge in [-0.3, -0.25) is 9.78 Å². The zero-order valence-corrected chi connectivity index (χ0v) is 11.4. The molecule has 2 aromatic rings. The molecular weight excluding hydrogens is 252 g/mol. The van der Waals surface area contributed by atoms with Crippen molar-refractivity contribution in [3.05, 3.63) is 53.9 Å². The van der Waals surface area contributed by atoms with Crippen LogP contribution >= 0.6 is 0 Å². The van der Waals surface area contributed by atoms with E-state index in [0.717, 1.165) is 18.7 Å². The molecule has 0 aliphatic carbocycles. The molecule has 1 heterocycles. The lowest BCUT2D eigenvalue weighted by atomic mass is 10.1. The first-order valence-corrected chi connectivity index (χ1v) is 6.45. The molecule has 1 amide bonds. The molecule has 104 valence electrons. The highest BCUT2D eigenvalue weighted by Gasteiger charge is 2.06. The molecular formula is C15H18N4O. The Morgan fingerprint density at radius 1 is 1.25 bits per heavy atom. The minimum atomic E-state index is -0.139. The Labute approximate surface area is 118 Å². The zero-order valence-electron chi connectivity index (χ0n) is 11.4. The van der Waals surface area contributed by atoms with E-state index in [-0.39, 0.29) is 5.91 Å². The molecule has 0 radical (unpaired) electrons. The average molecular weight is 270 g/mol. The van der Waals surface area contributed by atoms with E-state index in [9.17, 15) is 4.79 Å². The highest BCUT2D eigenvalue weighted by atomic mass is 16.1. The number of carbonyl (C=O) groups excluding carboxylic acids is 1. The van der Waals surface area contributed by atoms with Crippen LogP contribution in [0.4, 0.5) is 11.4 Å². The lowest BCUT2D eigenvalue weighted by Gasteiger charge is -2.10. The van der Waals surface area contributed by atoms with Crippen LogP contribution in [0.1, 0.15) is 15.9 Å². The third kappa shape index (κ3) is 3.47. The van der Waals surface area contributed by atoms with Gasteiger partial charge in [0.05, 0.1) is 11.4 Å². The smallest absolute Gasteiger partial charge is 0.251 e. The number of nitrogens with two attached hydrogens (primary N) is 1. The van der Waals surface area contributed by atoms with Crippen molar-refractivity contribution in [3.63, 3.8) is 0 Å². The molecule has 0 bridgehead atoms. The molecule has 0 aliphatic heterocycles. The second-order valence-corrected chi connectivity index (χ2v) is 4.41. The Bertz CT molecular complexity index is 584. The fourth-order valence-electron chi connectivity index (χ4n) is 1.90. The molecule has 0 spiro atoms. The van der Waals surface area contributed by atoms with Gasteiger partial charge in [0, 0.05) is 31.5 Å². The molecule has 0 aliphatic rings. The number of aromatic nitrogens is 1. The first kappa shape index (κ1) is 13.9. The predicted octanol–water partition coefficient (Wildman–Crippen LogP) is 1.68. The van der Waals surface area contributed by atoms with Crippen LogP contribution in [0, 0.1) is 0 Å². The maximum atomic E-state index is 11.5. The third-order valence-electron chi connectivity index (χ3n) is 3.02. The van der Waals surface area contributed by atoms with Crippen LogP contribution in [-0.4, -0.2) is 24.5 Å². The molecule has 5 heteroatoms. The molecule has 0 saturated heterocycles. The highest BCUT2D eigenvalue weighted by molar-refractivity contribution is 5.95. The van der Waals surface area contributed by atoms with E-state index in [1.165, 1.54) is 5.56 Å². The summed E-state index contributed by atoms with van der Waals surface area (Å²) in [6.07, 6.45) is 4.45. The summed E-state index contributed by atoms with van der Waals surface area (Å²) >= 11 is 0. The summed E-state index contributed by atoms with van der Waals surface area (Å²) < 4.78 is 0. The van der Waals surface area contributed by atoms with E-state index in [0.29, 0.717) is 11.3 Å². The Morgan fingerprint density at radius 3 is 2.65 bits per heavy atom. The van der Waals surface area contributed by atoms with Gasteiger partial charge in [0.2, 0.25) is 0 Å². The van der Waals surface area contributed by atoms with Crippen molar-refractivity contribution >= 4 is 17.3 Å². The molecule has 0 unspecified atom stereocenters. The monoisotopic (exact) mass is 270 g/mol. The number of hydrogen-bond acceptors (Lipinski definition) is 4. The van der Waals surface area contributed by atoms with E-state index in [2.05, 4.69) is 15.6 Å². The number of carbonyl (C=O) groups is 1. The number of pyridine rings is 1. The minimum absolute atomic E-state index is 0.139. The van der Waals surface area contributed by atoms with Gasteiger partial charge in [0.25, 0.3) is 5.91 Å². The number of nitrogens with one attached hydrogen (secondary N) is 2. The SMILES string of the molecule is CNC(=O)c1ccc(NCCc2ccncc2)c(N)c1. The molecule has 1 aromatic heterocycles. The van der Waals surface area contributed by atoms with Crippen LogP contribution in [0.15, 0.2) is 42.7 Å². The first-order chi connectivity index (χ1) is 9.70. The Morgan fingerprint density at radius 2 is 2.00 bits per heavy atom. The maximum Gasteiger partial charge on any atom is 0.251 e. The lowest BCUT2D eigenvalue weighted by Crippen LogP contribution is -2.18. The summed E-state index contributed by atoms with van der Waals surface area (Å²) in [5.74, 6) is -0.139. The van der Waals surface area contributed by atoms with Crippen LogP contribution in [0.3, 0.4) is 0 Å². The van der Waals surface area contributed by atoms with Crippen molar-refractivity contribution in [2.75, 3.05) is 24.6 Å². The molecule has 5 nitrogen and oxygen atoms in total. The van der Waals surface area contributed by atoms with Gasteiger partial charge in [0.1, 0.15) is 0 Å². The van der Waals surface area contributed by atoms with Crippen LogP contribution < -0.4 is 16.4 Å². The van der Waals surface area contributed by atoms with Gasteiger partial charge in [-0.15, -0.1) is 0 Å². The van der Waals surface area contributed by atoms with Crippen LogP contribution in [0.25, 0.3) is 0 Å². The number of amides is 1. The molecule has 2 rings (SSSR count). The zero-order chi connectivity index (χ0) is 14.4. The number of benzene rings is 1. The number of nitrogen functional groups attached to an aromatic ring is 1. The third-order valence-corrected chi connectivity index (χ3v) is 3.02. The molecule has 0 saturated carbocycles. The number of nitrogens with zero attached hydrogens (tertiary/aromatic N) is 1. The average Bonchev–Trinajstić information content (AvgIpc) is 2.49. The topological polar surface area (TPSA) is 80.0 Å². The van der Waals surface area contributed by atoms with Gasteiger partial charge < -0.3 is 16.4 Å². The van der Waals surface area contributed by atoms with E-state index in [1.807, 2.05) is 18.2 Å². The van der Waals surface area contributed by atoms with Gasteiger partial charge in [-0.1, -0.05) is 0 Å². The fourth-order valence-corrected chi connectivity index (χ4v) is 1.90. The molecule has 1 aromatic carbocycles. The maximum absolute atomic E-state index is 11.5. The summed E-state index contributed by atoms with van der Waals surface area (Å²) in [5.41, 5.74) is 9.13. The Kier molecular flexibility index (Phi) is 4.55. The second kappa shape index (κ2) is 6.56. The lowest BCUT2D eigenvalue weighted by molar-refractivity contribution is 0.0963. The Hall–Kier alpha value is -2.56. The summed E-state index contributed by atoms with van der Waals surface area (Å²) in [5, 5.41) is 5.84. The summed E-state index contributed by atoms with van der Waals surface area (Å²) in [6.45, 7) is 0.771. The minimum Gasteiger partial charge on any atom is -0.397 e. The van der Waals surface area contributed by atoms with Crippen molar-refractivity contribution in [2.24, 2.45) is 0 Å². The van der Waals surface area contributed by atoms with Crippen molar-refractivity contribution in [1.82, 2.24) is 10.3 Å². The number of anilines is 2. The number of rotatable bonds is 5. The van der Waals surface area contributed by atoms with Gasteiger partial charge in [-0.25, -0.2) is 0 Å².